The summed E-state index contributed by atoms with van der Waals surface area (Å²) in [5.41, 5.74) is 14.5. The second-order valence-corrected chi connectivity index (χ2v) is 6.53. The zero-order valence-electron chi connectivity index (χ0n) is 15.0. The summed E-state index contributed by atoms with van der Waals surface area (Å²) in [6.45, 7) is 0. The van der Waals surface area contributed by atoms with E-state index in [9.17, 15) is 0 Å². The number of rotatable bonds is 4. The van der Waals surface area contributed by atoms with E-state index >= 15 is 0 Å². The van der Waals surface area contributed by atoms with Crippen molar-refractivity contribution in [2.24, 2.45) is 11.8 Å². The molecule has 0 N–H and O–H groups in total. The number of hydrogen-bond donors (Lipinski definition) is 0. The molecule has 0 amide bonds. The lowest BCUT2D eigenvalue weighted by Gasteiger charge is -2.09. The van der Waals surface area contributed by atoms with Crippen LogP contribution in [-0.2, 0) is 0 Å². The fourth-order valence-electron chi connectivity index (χ4n) is 3.35. The predicted molar refractivity (Wildman–Crippen MR) is 114 cm³/mol. The number of hydrogen-bond acceptors (Lipinski definition) is 0. The van der Waals surface area contributed by atoms with E-state index in [2.05, 4.69) is 114 Å². The second kappa shape index (κ2) is 8.24. The molecule has 0 unspecified atom stereocenters. The molecular weight excluding hydrogens is 324 g/mol. The lowest BCUT2D eigenvalue weighted by molar-refractivity contribution is 1.12. The van der Waals surface area contributed by atoms with E-state index in [0.29, 0.717) is 0 Å². The van der Waals surface area contributed by atoms with Gasteiger partial charge in [-0.1, -0.05) is 121 Å². The molecule has 0 saturated heterocycles. The van der Waals surface area contributed by atoms with Crippen LogP contribution in [0.2, 0.25) is 0 Å². The van der Waals surface area contributed by atoms with Crippen LogP contribution >= 0.6 is 0 Å². The first-order chi connectivity index (χ1) is 13.4. The third-order valence-electron chi connectivity index (χ3n) is 4.73. The Morgan fingerprint density at radius 1 is 0.519 bits per heavy atom. The minimum Gasteiger partial charge on any atom is -0.0726 e. The third-order valence-corrected chi connectivity index (χ3v) is 4.73. The van der Waals surface area contributed by atoms with Gasteiger partial charge in [0.2, 0.25) is 0 Å². The molecule has 2 aromatic rings. The summed E-state index contributed by atoms with van der Waals surface area (Å²) in [4.78, 5) is 0. The van der Waals surface area contributed by atoms with Gasteiger partial charge in [-0.15, -0.1) is 0 Å². The fraction of sp³-hybridized carbons (Fsp3) is 0.0741. The molecular formula is C27H20. The quantitative estimate of drug-likeness (QED) is 0.552. The molecule has 27 heavy (non-hydrogen) atoms. The Hall–Kier alpha value is -3.52. The van der Waals surface area contributed by atoms with Crippen molar-refractivity contribution in [3.05, 3.63) is 138 Å². The van der Waals surface area contributed by atoms with Crippen LogP contribution in [0.15, 0.2) is 126 Å². The topological polar surface area (TPSA) is 0 Å². The molecule has 0 heteroatoms. The monoisotopic (exact) mass is 344 g/mol. The Bertz CT molecular complexity index is 946. The molecule has 4 rings (SSSR count). The van der Waals surface area contributed by atoms with Crippen LogP contribution in [0.1, 0.15) is 11.1 Å². The molecule has 0 nitrogen and oxygen atoms in total. The second-order valence-electron chi connectivity index (χ2n) is 6.53. The highest BCUT2D eigenvalue weighted by Crippen LogP contribution is 2.28. The summed E-state index contributed by atoms with van der Waals surface area (Å²) in [6, 6.07) is 20.8. The van der Waals surface area contributed by atoms with E-state index in [1.807, 2.05) is 12.1 Å². The number of allylic oxidation sites excluding steroid dienone is 10. The standard InChI is InChI=1S/C27H20/c1-3-12-22(13-4-1)26(24-16-7-8-17-24)20-11-21-27(25-18-9-10-19-25)23-14-5-2-6-15-23/h1-10,12-19,24-25H. The van der Waals surface area contributed by atoms with Gasteiger partial charge in [-0.25, -0.2) is 0 Å². The molecule has 128 valence electrons. The van der Waals surface area contributed by atoms with Crippen LogP contribution in [0.3, 0.4) is 0 Å². The Labute approximate surface area is 160 Å². The molecule has 0 spiro atoms. The normalized spacial score (nSPS) is 14.8. The van der Waals surface area contributed by atoms with Crippen molar-refractivity contribution in [2.75, 3.05) is 0 Å². The van der Waals surface area contributed by atoms with Crippen LogP contribution in [-0.4, -0.2) is 0 Å². The summed E-state index contributed by atoms with van der Waals surface area (Å²) in [6.07, 6.45) is 17.1. The van der Waals surface area contributed by atoms with E-state index in [4.69, 9.17) is 0 Å². The van der Waals surface area contributed by atoms with Gasteiger partial charge in [-0.3, -0.25) is 0 Å². The van der Waals surface area contributed by atoms with Crippen molar-refractivity contribution in [3.8, 4) is 0 Å². The highest BCUT2D eigenvalue weighted by molar-refractivity contribution is 5.72. The number of benzene rings is 2. The molecule has 0 atom stereocenters. The molecule has 0 aliphatic heterocycles. The van der Waals surface area contributed by atoms with Crippen molar-refractivity contribution in [1.82, 2.24) is 0 Å². The minimum absolute atomic E-state index is 0.230. The SMILES string of the molecule is C(=C=C(c1ccccc1)C1C=CC=C1)=C=C(c1ccccc1)C1C=CC=C1. The average molecular weight is 344 g/mol. The molecule has 0 radical (unpaired) electrons. The van der Waals surface area contributed by atoms with Crippen LogP contribution in [0.4, 0.5) is 0 Å². The van der Waals surface area contributed by atoms with Gasteiger partial charge in [-0.05, 0) is 16.9 Å². The smallest absolute Gasteiger partial charge is 0.0291 e. The minimum atomic E-state index is 0.230. The molecule has 2 aliphatic carbocycles. The van der Waals surface area contributed by atoms with Crippen LogP contribution in [0.25, 0.3) is 11.1 Å². The van der Waals surface area contributed by atoms with Crippen LogP contribution in [0.5, 0.6) is 0 Å². The summed E-state index contributed by atoms with van der Waals surface area (Å²) in [7, 11) is 0. The highest BCUT2D eigenvalue weighted by atomic mass is 14.2. The average Bonchev–Trinajstić information content (AvgIpc) is 3.44. The van der Waals surface area contributed by atoms with Gasteiger partial charge < -0.3 is 0 Å². The van der Waals surface area contributed by atoms with Crippen molar-refractivity contribution in [3.63, 3.8) is 0 Å². The lowest BCUT2D eigenvalue weighted by atomic mass is 9.93. The molecule has 0 fully saturated rings. The van der Waals surface area contributed by atoms with Crippen molar-refractivity contribution in [1.29, 1.82) is 0 Å². The molecule has 2 aromatic carbocycles. The van der Waals surface area contributed by atoms with Crippen LogP contribution in [0, 0.1) is 11.8 Å². The van der Waals surface area contributed by atoms with Crippen LogP contribution < -0.4 is 0 Å². The lowest BCUT2D eigenvalue weighted by Crippen LogP contribution is -1.94. The van der Waals surface area contributed by atoms with Gasteiger partial charge >= 0.3 is 0 Å². The molecule has 0 bridgehead atoms. The molecule has 2 aliphatic rings. The van der Waals surface area contributed by atoms with Crippen molar-refractivity contribution < 1.29 is 0 Å². The first-order valence-electron chi connectivity index (χ1n) is 9.23. The van der Waals surface area contributed by atoms with Gasteiger partial charge in [-0.2, -0.15) is 0 Å². The van der Waals surface area contributed by atoms with Gasteiger partial charge in [0.25, 0.3) is 0 Å². The summed E-state index contributed by atoms with van der Waals surface area (Å²) >= 11 is 0. The van der Waals surface area contributed by atoms with Crippen molar-refractivity contribution in [2.45, 2.75) is 0 Å². The predicted octanol–water partition coefficient (Wildman–Crippen LogP) is 6.55. The molecule has 0 heterocycles. The molecule has 0 saturated carbocycles. The summed E-state index contributed by atoms with van der Waals surface area (Å²) in [5, 5.41) is 0. The zero-order valence-corrected chi connectivity index (χ0v) is 15.0. The summed E-state index contributed by atoms with van der Waals surface area (Å²) < 4.78 is 0. The van der Waals surface area contributed by atoms with Gasteiger partial charge in [0, 0.05) is 23.0 Å². The Morgan fingerprint density at radius 3 is 1.26 bits per heavy atom. The van der Waals surface area contributed by atoms with E-state index in [0.717, 1.165) is 22.3 Å². The van der Waals surface area contributed by atoms with Gasteiger partial charge in [0.15, 0.2) is 0 Å². The van der Waals surface area contributed by atoms with Crippen molar-refractivity contribution >= 4 is 11.1 Å². The first kappa shape index (κ1) is 16.9. The van der Waals surface area contributed by atoms with E-state index in [-0.39, 0.29) is 11.8 Å². The summed E-state index contributed by atoms with van der Waals surface area (Å²) in [5.74, 6) is 0.460. The van der Waals surface area contributed by atoms with Gasteiger partial charge in [0.05, 0.1) is 0 Å². The highest BCUT2D eigenvalue weighted by Gasteiger charge is 2.13. The maximum atomic E-state index is 3.39. The van der Waals surface area contributed by atoms with Gasteiger partial charge in [0.1, 0.15) is 0 Å². The first-order valence-corrected chi connectivity index (χ1v) is 9.23. The Kier molecular flexibility index (Phi) is 5.16. The third kappa shape index (κ3) is 4.01. The maximum absolute atomic E-state index is 3.39. The Morgan fingerprint density at radius 2 is 0.889 bits per heavy atom. The molecule has 0 aromatic heterocycles. The maximum Gasteiger partial charge on any atom is 0.0291 e. The largest absolute Gasteiger partial charge is 0.0726 e. The van der Waals surface area contributed by atoms with E-state index in [1.54, 1.807) is 0 Å². The Balaban J connectivity index is 1.88. The van der Waals surface area contributed by atoms with E-state index in [1.165, 1.54) is 0 Å². The zero-order chi connectivity index (χ0) is 18.3. The fourth-order valence-corrected chi connectivity index (χ4v) is 3.35. The van der Waals surface area contributed by atoms with E-state index < -0.39 is 0 Å².